The number of carbonyl (C=O) groups is 1. The average molecular weight is 436 g/mol. The Morgan fingerprint density at radius 1 is 1.16 bits per heavy atom. The summed E-state index contributed by atoms with van der Waals surface area (Å²) in [7, 11) is 0. The lowest BCUT2D eigenvalue weighted by molar-refractivity contribution is 0.0949. The summed E-state index contributed by atoms with van der Waals surface area (Å²) in [6.07, 6.45) is 0. The van der Waals surface area contributed by atoms with E-state index in [4.69, 9.17) is 0 Å². The van der Waals surface area contributed by atoms with E-state index in [0.29, 0.717) is 28.2 Å². The van der Waals surface area contributed by atoms with E-state index < -0.39 is 0 Å². The number of hydrogen-bond donors (Lipinski definition) is 3. The summed E-state index contributed by atoms with van der Waals surface area (Å²) < 4.78 is 13.8. The number of benzene rings is 2. The number of anilines is 3. The Morgan fingerprint density at radius 2 is 1.88 bits per heavy atom. The zero-order chi connectivity index (χ0) is 23.0. The number of rotatable bonds is 5. The molecule has 1 aromatic heterocycles. The molecular formula is C24H26FN5O2. The van der Waals surface area contributed by atoms with Gasteiger partial charge in [-0.3, -0.25) is 4.79 Å². The van der Waals surface area contributed by atoms with Crippen molar-refractivity contribution in [2.75, 3.05) is 23.5 Å². The van der Waals surface area contributed by atoms with E-state index >= 15 is 0 Å². The van der Waals surface area contributed by atoms with Crippen molar-refractivity contribution in [3.63, 3.8) is 0 Å². The molecule has 4 rings (SSSR count). The molecule has 1 aliphatic rings. The molecule has 2 aromatic carbocycles. The van der Waals surface area contributed by atoms with Crippen LogP contribution in [0.4, 0.5) is 21.8 Å². The molecule has 1 amide bonds. The third-order valence-electron chi connectivity index (χ3n) is 5.57. The Morgan fingerprint density at radius 3 is 2.53 bits per heavy atom. The standard InChI is InChI=1S/C24H26FN5O2/c1-13-6-5-7-14(2)21(13)30-12-26-23(32)19-20(18-9-8-17(25)10-15(18)3)28-24(29-22(19)30)27-16(4)11-31/h5-10,16,31H,11-12H2,1-4H3,(H,26,32)(H,27,28,29)/t16-/m0/s1. The van der Waals surface area contributed by atoms with Gasteiger partial charge in [0.05, 0.1) is 24.7 Å². The predicted octanol–water partition coefficient (Wildman–Crippen LogP) is 3.84. The van der Waals surface area contributed by atoms with Gasteiger partial charge >= 0.3 is 0 Å². The molecule has 0 saturated heterocycles. The number of halogens is 1. The van der Waals surface area contributed by atoms with Crippen LogP contribution < -0.4 is 15.5 Å². The van der Waals surface area contributed by atoms with Gasteiger partial charge in [-0.1, -0.05) is 18.2 Å². The molecule has 1 atom stereocenters. The van der Waals surface area contributed by atoms with Crippen LogP contribution in [0.2, 0.25) is 0 Å². The van der Waals surface area contributed by atoms with E-state index in [-0.39, 0.29) is 37.0 Å². The molecule has 3 aromatic rings. The van der Waals surface area contributed by atoms with Gasteiger partial charge in [0.2, 0.25) is 5.95 Å². The Hall–Kier alpha value is -3.52. The van der Waals surface area contributed by atoms with Gasteiger partial charge in [0, 0.05) is 11.6 Å². The van der Waals surface area contributed by atoms with Crippen molar-refractivity contribution in [3.05, 3.63) is 64.5 Å². The summed E-state index contributed by atoms with van der Waals surface area (Å²) in [5.74, 6) is 0.105. The molecule has 32 heavy (non-hydrogen) atoms. The molecule has 0 fully saturated rings. The number of aryl methyl sites for hydroxylation is 3. The number of aliphatic hydroxyl groups excluding tert-OH is 1. The first-order chi connectivity index (χ1) is 15.3. The largest absolute Gasteiger partial charge is 0.394 e. The number of para-hydroxylation sites is 1. The normalized spacial score (nSPS) is 14.1. The van der Waals surface area contributed by atoms with E-state index in [1.54, 1.807) is 13.0 Å². The van der Waals surface area contributed by atoms with Crippen LogP contribution in [0.5, 0.6) is 0 Å². The van der Waals surface area contributed by atoms with Gasteiger partial charge in [-0.15, -0.1) is 0 Å². The molecule has 2 heterocycles. The van der Waals surface area contributed by atoms with E-state index in [9.17, 15) is 14.3 Å². The molecule has 0 saturated carbocycles. The van der Waals surface area contributed by atoms with Crippen LogP contribution in [0.3, 0.4) is 0 Å². The van der Waals surface area contributed by atoms with Gasteiger partial charge in [0.15, 0.2) is 5.82 Å². The minimum absolute atomic E-state index is 0.105. The van der Waals surface area contributed by atoms with Crippen molar-refractivity contribution >= 4 is 23.4 Å². The highest BCUT2D eigenvalue weighted by Crippen LogP contribution is 2.38. The molecule has 0 aliphatic carbocycles. The van der Waals surface area contributed by atoms with Gasteiger partial charge in [-0.25, -0.2) is 9.37 Å². The van der Waals surface area contributed by atoms with Crippen LogP contribution in [-0.2, 0) is 0 Å². The van der Waals surface area contributed by atoms with Gasteiger partial charge in [0.1, 0.15) is 11.4 Å². The van der Waals surface area contributed by atoms with Crippen LogP contribution in [0, 0.1) is 26.6 Å². The van der Waals surface area contributed by atoms with E-state index in [1.807, 2.05) is 43.9 Å². The molecule has 8 heteroatoms. The summed E-state index contributed by atoms with van der Waals surface area (Å²) in [5, 5.41) is 15.5. The maximum Gasteiger partial charge on any atom is 0.258 e. The monoisotopic (exact) mass is 435 g/mol. The summed E-state index contributed by atoms with van der Waals surface area (Å²) in [6, 6.07) is 10.1. The predicted molar refractivity (Wildman–Crippen MR) is 123 cm³/mol. The Labute approximate surface area is 186 Å². The van der Waals surface area contributed by atoms with Crippen molar-refractivity contribution in [1.82, 2.24) is 15.3 Å². The second-order valence-electron chi connectivity index (χ2n) is 8.11. The molecule has 0 unspecified atom stereocenters. The molecule has 0 bridgehead atoms. The van der Waals surface area contributed by atoms with Crippen LogP contribution in [0.1, 0.15) is 34.0 Å². The first kappa shape index (κ1) is 21.7. The number of amides is 1. The van der Waals surface area contributed by atoms with E-state index in [2.05, 4.69) is 20.6 Å². The number of aromatic nitrogens is 2. The number of fused-ring (bicyclic) bond motifs is 1. The zero-order valence-corrected chi connectivity index (χ0v) is 18.5. The van der Waals surface area contributed by atoms with Crippen LogP contribution in [0.25, 0.3) is 11.3 Å². The lowest BCUT2D eigenvalue weighted by atomic mass is 9.99. The number of nitrogens with one attached hydrogen (secondary N) is 2. The molecule has 1 aliphatic heterocycles. The average Bonchev–Trinajstić information content (AvgIpc) is 2.74. The van der Waals surface area contributed by atoms with Crippen molar-refractivity contribution in [2.45, 2.75) is 33.7 Å². The van der Waals surface area contributed by atoms with Crippen LogP contribution in [0.15, 0.2) is 36.4 Å². The fourth-order valence-corrected chi connectivity index (χ4v) is 4.00. The fourth-order valence-electron chi connectivity index (χ4n) is 4.00. The number of carbonyl (C=O) groups excluding carboxylic acids is 1. The maximum absolute atomic E-state index is 13.8. The fraction of sp³-hybridized carbons (Fsp3) is 0.292. The number of hydrogen-bond acceptors (Lipinski definition) is 6. The highest BCUT2D eigenvalue weighted by Gasteiger charge is 2.32. The van der Waals surface area contributed by atoms with Gasteiger partial charge in [-0.2, -0.15) is 4.98 Å². The zero-order valence-electron chi connectivity index (χ0n) is 18.5. The number of nitrogens with zero attached hydrogens (tertiary/aromatic N) is 3. The lowest BCUT2D eigenvalue weighted by Crippen LogP contribution is -2.43. The van der Waals surface area contributed by atoms with Gasteiger partial charge in [-0.05, 0) is 62.6 Å². The SMILES string of the molecule is Cc1cc(F)ccc1-c1nc(N[C@@H](C)CO)nc2c1C(=O)NCN2c1c(C)cccc1C. The van der Waals surface area contributed by atoms with Crippen molar-refractivity contribution in [1.29, 1.82) is 0 Å². The summed E-state index contributed by atoms with van der Waals surface area (Å²) in [5.41, 5.74) is 5.08. The Bertz CT molecular complexity index is 1180. The minimum Gasteiger partial charge on any atom is -0.394 e. The van der Waals surface area contributed by atoms with E-state index in [0.717, 1.165) is 16.8 Å². The van der Waals surface area contributed by atoms with Crippen LogP contribution >= 0.6 is 0 Å². The molecule has 0 spiro atoms. The Kier molecular flexibility index (Phi) is 5.80. The van der Waals surface area contributed by atoms with Crippen molar-refractivity contribution in [3.8, 4) is 11.3 Å². The maximum atomic E-state index is 13.8. The number of aliphatic hydroxyl groups is 1. The van der Waals surface area contributed by atoms with Gasteiger partial charge in [0.25, 0.3) is 5.91 Å². The van der Waals surface area contributed by atoms with Crippen molar-refractivity contribution < 1.29 is 14.3 Å². The third-order valence-corrected chi connectivity index (χ3v) is 5.57. The summed E-state index contributed by atoms with van der Waals surface area (Å²) >= 11 is 0. The second kappa shape index (κ2) is 8.55. The first-order valence-electron chi connectivity index (χ1n) is 10.5. The summed E-state index contributed by atoms with van der Waals surface area (Å²) in [6.45, 7) is 7.76. The topological polar surface area (TPSA) is 90.4 Å². The summed E-state index contributed by atoms with van der Waals surface area (Å²) in [4.78, 5) is 24.3. The van der Waals surface area contributed by atoms with E-state index in [1.165, 1.54) is 12.1 Å². The Balaban J connectivity index is 1.99. The smallest absolute Gasteiger partial charge is 0.258 e. The second-order valence-corrected chi connectivity index (χ2v) is 8.11. The molecule has 0 radical (unpaired) electrons. The van der Waals surface area contributed by atoms with Crippen LogP contribution in [-0.4, -0.2) is 40.3 Å². The highest BCUT2D eigenvalue weighted by atomic mass is 19.1. The van der Waals surface area contributed by atoms with Crippen molar-refractivity contribution in [2.24, 2.45) is 0 Å². The third kappa shape index (κ3) is 3.89. The van der Waals surface area contributed by atoms with Gasteiger partial charge < -0.3 is 20.6 Å². The lowest BCUT2D eigenvalue weighted by Gasteiger charge is -2.33. The quantitative estimate of drug-likeness (QED) is 0.564. The molecular weight excluding hydrogens is 409 g/mol. The minimum atomic E-state index is -0.358. The first-order valence-corrected chi connectivity index (χ1v) is 10.5. The highest BCUT2D eigenvalue weighted by molar-refractivity contribution is 6.07. The molecule has 166 valence electrons. The molecule has 3 N–H and O–H groups in total. The molecule has 7 nitrogen and oxygen atoms in total.